The highest BCUT2D eigenvalue weighted by Crippen LogP contribution is 2.10. The van der Waals surface area contributed by atoms with E-state index in [1.54, 1.807) is 6.92 Å². The molecular formula is C10H19NO3. The summed E-state index contributed by atoms with van der Waals surface area (Å²) >= 11 is 0. The summed E-state index contributed by atoms with van der Waals surface area (Å²) in [5, 5.41) is 8.78. The molecule has 1 saturated heterocycles. The summed E-state index contributed by atoms with van der Waals surface area (Å²) in [6.45, 7) is 6.93. The van der Waals surface area contributed by atoms with Crippen molar-refractivity contribution >= 4 is 5.97 Å². The minimum absolute atomic E-state index is 0.282. The first-order valence-electron chi connectivity index (χ1n) is 5.20. The molecule has 0 amide bonds. The minimum Gasteiger partial charge on any atom is -0.481 e. The lowest BCUT2D eigenvalue weighted by Gasteiger charge is -2.33. The number of carboxylic acids is 1. The zero-order valence-corrected chi connectivity index (χ0v) is 8.90. The molecule has 2 unspecified atom stereocenters. The summed E-state index contributed by atoms with van der Waals surface area (Å²) in [6.07, 6.45) is 1.28. The number of carbonyl (C=O) groups is 1. The first-order chi connectivity index (χ1) is 6.63. The van der Waals surface area contributed by atoms with Gasteiger partial charge in [0.2, 0.25) is 0 Å². The molecule has 4 heteroatoms. The number of hydrogen-bond acceptors (Lipinski definition) is 3. The summed E-state index contributed by atoms with van der Waals surface area (Å²) in [5.41, 5.74) is 0. The van der Waals surface area contributed by atoms with Gasteiger partial charge in [-0.2, -0.15) is 0 Å². The standard InChI is InChI=1S/C10H19NO3/c1-3-9-7-11(4-5-14-9)6-8(2)10(12)13/h8-9H,3-7H2,1-2H3,(H,12,13). The van der Waals surface area contributed by atoms with Crippen molar-refractivity contribution in [3.05, 3.63) is 0 Å². The zero-order valence-electron chi connectivity index (χ0n) is 8.90. The highest BCUT2D eigenvalue weighted by atomic mass is 16.5. The molecule has 0 saturated carbocycles. The van der Waals surface area contributed by atoms with E-state index in [9.17, 15) is 4.79 Å². The fraction of sp³-hybridized carbons (Fsp3) is 0.900. The van der Waals surface area contributed by atoms with Crippen LogP contribution in [0.15, 0.2) is 0 Å². The summed E-state index contributed by atoms with van der Waals surface area (Å²) in [6, 6.07) is 0. The molecule has 0 spiro atoms. The number of rotatable bonds is 4. The van der Waals surface area contributed by atoms with E-state index in [-0.39, 0.29) is 12.0 Å². The highest BCUT2D eigenvalue weighted by Gasteiger charge is 2.22. The van der Waals surface area contributed by atoms with Gasteiger partial charge in [0.1, 0.15) is 0 Å². The van der Waals surface area contributed by atoms with Gasteiger partial charge in [-0.05, 0) is 6.42 Å². The molecule has 1 heterocycles. The van der Waals surface area contributed by atoms with Crippen LogP contribution in [0.25, 0.3) is 0 Å². The zero-order chi connectivity index (χ0) is 10.6. The Bertz CT molecular complexity index is 196. The second-order valence-electron chi connectivity index (χ2n) is 3.90. The fourth-order valence-electron chi connectivity index (χ4n) is 1.66. The van der Waals surface area contributed by atoms with Gasteiger partial charge >= 0.3 is 5.97 Å². The van der Waals surface area contributed by atoms with E-state index in [0.29, 0.717) is 6.54 Å². The van der Waals surface area contributed by atoms with E-state index in [0.717, 1.165) is 26.1 Å². The van der Waals surface area contributed by atoms with Crippen molar-refractivity contribution in [3.8, 4) is 0 Å². The predicted molar refractivity (Wildman–Crippen MR) is 53.3 cm³/mol. The van der Waals surface area contributed by atoms with Crippen LogP contribution >= 0.6 is 0 Å². The van der Waals surface area contributed by atoms with Crippen LogP contribution in [0.2, 0.25) is 0 Å². The fourth-order valence-corrected chi connectivity index (χ4v) is 1.66. The van der Waals surface area contributed by atoms with Gasteiger partial charge in [0.05, 0.1) is 18.6 Å². The Morgan fingerprint density at radius 3 is 3.00 bits per heavy atom. The Kier molecular flexibility index (Phi) is 4.35. The van der Waals surface area contributed by atoms with E-state index in [4.69, 9.17) is 9.84 Å². The van der Waals surface area contributed by atoms with Gasteiger partial charge in [0.25, 0.3) is 0 Å². The minimum atomic E-state index is -0.718. The smallest absolute Gasteiger partial charge is 0.307 e. The molecule has 1 aliphatic rings. The number of ether oxygens (including phenoxy) is 1. The van der Waals surface area contributed by atoms with Gasteiger partial charge in [-0.3, -0.25) is 9.69 Å². The van der Waals surface area contributed by atoms with Crippen LogP contribution in [0.4, 0.5) is 0 Å². The summed E-state index contributed by atoms with van der Waals surface area (Å²) in [7, 11) is 0. The van der Waals surface area contributed by atoms with Crippen LogP contribution in [0.5, 0.6) is 0 Å². The maximum Gasteiger partial charge on any atom is 0.307 e. The summed E-state index contributed by atoms with van der Waals surface area (Å²) in [5.74, 6) is -1.00. The van der Waals surface area contributed by atoms with Gasteiger partial charge in [-0.25, -0.2) is 0 Å². The molecule has 0 aromatic rings. The number of aliphatic carboxylic acids is 1. The van der Waals surface area contributed by atoms with Crippen molar-refractivity contribution in [2.24, 2.45) is 5.92 Å². The summed E-state index contributed by atoms with van der Waals surface area (Å²) < 4.78 is 5.51. The molecule has 0 aliphatic carbocycles. The second-order valence-corrected chi connectivity index (χ2v) is 3.90. The van der Waals surface area contributed by atoms with Crippen LogP contribution in [-0.4, -0.2) is 48.3 Å². The van der Waals surface area contributed by atoms with E-state index in [2.05, 4.69) is 11.8 Å². The Morgan fingerprint density at radius 1 is 1.71 bits per heavy atom. The van der Waals surface area contributed by atoms with Gasteiger partial charge < -0.3 is 9.84 Å². The lowest BCUT2D eigenvalue weighted by molar-refractivity contribution is -0.142. The average Bonchev–Trinajstić information content (AvgIpc) is 2.18. The Balaban J connectivity index is 2.33. The van der Waals surface area contributed by atoms with Crippen molar-refractivity contribution < 1.29 is 14.6 Å². The van der Waals surface area contributed by atoms with E-state index < -0.39 is 5.97 Å². The van der Waals surface area contributed by atoms with Gasteiger partial charge in [-0.1, -0.05) is 13.8 Å². The molecule has 0 bridgehead atoms. The molecule has 82 valence electrons. The normalized spacial score (nSPS) is 26.0. The molecule has 0 aromatic heterocycles. The maximum atomic E-state index is 10.7. The van der Waals surface area contributed by atoms with Crippen molar-refractivity contribution in [1.82, 2.24) is 4.90 Å². The summed E-state index contributed by atoms with van der Waals surface area (Å²) in [4.78, 5) is 12.8. The van der Waals surface area contributed by atoms with Crippen LogP contribution in [0, 0.1) is 5.92 Å². The molecule has 2 atom stereocenters. The monoisotopic (exact) mass is 201 g/mol. The van der Waals surface area contributed by atoms with E-state index >= 15 is 0 Å². The molecule has 1 rings (SSSR count). The molecule has 14 heavy (non-hydrogen) atoms. The van der Waals surface area contributed by atoms with Gasteiger partial charge in [0.15, 0.2) is 0 Å². The Hall–Kier alpha value is -0.610. The first kappa shape index (κ1) is 11.5. The van der Waals surface area contributed by atoms with Crippen molar-refractivity contribution in [2.45, 2.75) is 26.4 Å². The lowest BCUT2D eigenvalue weighted by atomic mass is 10.1. The van der Waals surface area contributed by atoms with Crippen molar-refractivity contribution in [2.75, 3.05) is 26.2 Å². The quantitative estimate of drug-likeness (QED) is 0.731. The molecule has 1 aliphatic heterocycles. The van der Waals surface area contributed by atoms with E-state index in [1.807, 2.05) is 0 Å². The number of morpholine rings is 1. The Morgan fingerprint density at radius 2 is 2.43 bits per heavy atom. The molecule has 1 fully saturated rings. The molecule has 1 N–H and O–H groups in total. The topological polar surface area (TPSA) is 49.8 Å². The van der Waals surface area contributed by atoms with Crippen LogP contribution < -0.4 is 0 Å². The predicted octanol–water partition coefficient (Wildman–Crippen LogP) is 0.818. The van der Waals surface area contributed by atoms with Crippen LogP contribution in [0.3, 0.4) is 0 Å². The number of carboxylic acid groups (broad SMARTS) is 1. The van der Waals surface area contributed by atoms with Gasteiger partial charge in [0, 0.05) is 19.6 Å². The van der Waals surface area contributed by atoms with Crippen molar-refractivity contribution in [1.29, 1.82) is 0 Å². The second kappa shape index (κ2) is 5.32. The van der Waals surface area contributed by atoms with Crippen LogP contribution in [0.1, 0.15) is 20.3 Å². The largest absolute Gasteiger partial charge is 0.481 e. The number of nitrogens with zero attached hydrogens (tertiary/aromatic N) is 1. The highest BCUT2D eigenvalue weighted by molar-refractivity contribution is 5.69. The van der Waals surface area contributed by atoms with Crippen molar-refractivity contribution in [3.63, 3.8) is 0 Å². The SMILES string of the molecule is CCC1CN(CC(C)C(=O)O)CCO1. The lowest BCUT2D eigenvalue weighted by Crippen LogP contribution is -2.44. The maximum absolute atomic E-state index is 10.7. The third-order valence-electron chi connectivity index (χ3n) is 2.63. The molecule has 0 aromatic carbocycles. The molecular weight excluding hydrogens is 182 g/mol. The van der Waals surface area contributed by atoms with E-state index in [1.165, 1.54) is 0 Å². The Labute approximate surface area is 84.8 Å². The molecule has 0 radical (unpaired) electrons. The third-order valence-corrected chi connectivity index (χ3v) is 2.63. The average molecular weight is 201 g/mol. The first-order valence-corrected chi connectivity index (χ1v) is 5.20. The van der Waals surface area contributed by atoms with Crippen LogP contribution in [-0.2, 0) is 9.53 Å². The van der Waals surface area contributed by atoms with Gasteiger partial charge in [-0.15, -0.1) is 0 Å². The molecule has 4 nitrogen and oxygen atoms in total. The third kappa shape index (κ3) is 3.27. The number of hydrogen-bond donors (Lipinski definition) is 1.